The fourth-order valence-electron chi connectivity index (χ4n) is 2.75. The van der Waals surface area contributed by atoms with Crippen LogP contribution in [0.15, 0.2) is 44.8 Å². The van der Waals surface area contributed by atoms with Crippen LogP contribution < -0.4 is 16.8 Å². The van der Waals surface area contributed by atoms with Crippen LogP contribution in [0.3, 0.4) is 0 Å². The van der Waals surface area contributed by atoms with Crippen LogP contribution in [0.25, 0.3) is 16.7 Å². The summed E-state index contributed by atoms with van der Waals surface area (Å²) in [5.41, 5.74) is -0.822. The Morgan fingerprint density at radius 3 is 2.72 bits per heavy atom. The summed E-state index contributed by atoms with van der Waals surface area (Å²) in [5.74, 6) is 0.772. The van der Waals surface area contributed by atoms with E-state index in [1.165, 1.54) is 15.3 Å². The number of aryl methyl sites for hydroxylation is 1. The van der Waals surface area contributed by atoms with Gasteiger partial charge in [-0.15, -0.1) is 10.2 Å². The molecule has 0 amide bonds. The normalized spacial score (nSPS) is 11.4. The summed E-state index contributed by atoms with van der Waals surface area (Å²) in [6, 6.07) is 7.06. The van der Waals surface area contributed by atoms with Crippen molar-refractivity contribution in [3.63, 3.8) is 0 Å². The molecule has 3 aromatic heterocycles. The summed E-state index contributed by atoms with van der Waals surface area (Å²) in [6.07, 6.45) is 1.24. The summed E-state index contributed by atoms with van der Waals surface area (Å²) in [5, 5.41) is 8.54. The molecule has 1 aromatic carbocycles. The molecule has 126 valence electrons. The minimum Gasteiger partial charge on any atom is -0.291 e. The molecule has 4 rings (SSSR count). The van der Waals surface area contributed by atoms with Gasteiger partial charge in [-0.1, -0.05) is 23.7 Å². The van der Waals surface area contributed by atoms with Crippen LogP contribution in [-0.4, -0.2) is 28.7 Å². The molecule has 1 N–H and O–H groups in total. The second-order valence-corrected chi connectivity index (χ2v) is 5.90. The van der Waals surface area contributed by atoms with Crippen molar-refractivity contribution in [2.75, 3.05) is 0 Å². The highest BCUT2D eigenvalue weighted by atomic mass is 35.5. The van der Waals surface area contributed by atoms with Crippen molar-refractivity contribution < 1.29 is 0 Å². The number of benzene rings is 1. The first-order valence-electron chi connectivity index (χ1n) is 7.28. The third-order valence-electron chi connectivity index (χ3n) is 3.97. The topological polar surface area (TPSA) is 107 Å². The summed E-state index contributed by atoms with van der Waals surface area (Å²) >= 11 is 5.79. The van der Waals surface area contributed by atoms with Crippen molar-refractivity contribution in [3.8, 4) is 0 Å². The van der Waals surface area contributed by atoms with Gasteiger partial charge in [0.2, 0.25) is 5.78 Å². The monoisotopic (exact) mass is 358 g/mol. The zero-order valence-electron chi connectivity index (χ0n) is 12.9. The number of nitrogens with zero attached hydrogens (tertiary/aromatic N) is 5. The first-order valence-corrected chi connectivity index (χ1v) is 7.66. The second kappa shape index (κ2) is 5.42. The van der Waals surface area contributed by atoms with Gasteiger partial charge in [0.05, 0.1) is 17.4 Å². The van der Waals surface area contributed by atoms with Crippen molar-refractivity contribution in [3.05, 3.63) is 72.5 Å². The van der Waals surface area contributed by atoms with Crippen molar-refractivity contribution >= 4 is 28.3 Å². The molecular weight excluding hydrogens is 348 g/mol. The third kappa shape index (κ3) is 2.28. The largest absolute Gasteiger partial charge is 0.328 e. The van der Waals surface area contributed by atoms with E-state index in [9.17, 15) is 14.4 Å². The number of para-hydroxylation sites is 1. The number of aromatic amines is 1. The zero-order valence-corrected chi connectivity index (χ0v) is 13.7. The molecule has 0 radical (unpaired) electrons. The number of halogens is 1. The molecule has 0 aliphatic rings. The quantitative estimate of drug-likeness (QED) is 0.548. The van der Waals surface area contributed by atoms with Crippen molar-refractivity contribution in [1.82, 2.24) is 28.7 Å². The van der Waals surface area contributed by atoms with Gasteiger partial charge in [-0.25, -0.2) is 4.79 Å². The van der Waals surface area contributed by atoms with Gasteiger partial charge < -0.3 is 0 Å². The van der Waals surface area contributed by atoms with Crippen molar-refractivity contribution in [2.45, 2.75) is 6.54 Å². The molecule has 0 aliphatic carbocycles. The van der Waals surface area contributed by atoms with Gasteiger partial charge in [-0.2, -0.15) is 0 Å². The predicted octanol–water partition coefficient (Wildman–Crippen LogP) is 0.133. The molecule has 0 bridgehead atoms. The van der Waals surface area contributed by atoms with Gasteiger partial charge in [0, 0.05) is 13.2 Å². The minimum absolute atomic E-state index is 0.0265. The Labute approximate surface area is 143 Å². The number of nitrogens with one attached hydrogen (secondary N) is 1. The van der Waals surface area contributed by atoms with Crippen LogP contribution in [0.5, 0.6) is 0 Å². The maximum atomic E-state index is 12.4. The lowest BCUT2D eigenvalue weighted by Gasteiger charge is -2.08. The highest BCUT2D eigenvalue weighted by molar-refractivity contribution is 6.30. The molecule has 4 aromatic rings. The molecule has 0 aliphatic heterocycles. The predicted molar refractivity (Wildman–Crippen MR) is 91.2 cm³/mol. The van der Waals surface area contributed by atoms with E-state index in [1.807, 2.05) is 0 Å². The summed E-state index contributed by atoms with van der Waals surface area (Å²) in [6.45, 7) is 0.0265. The molecular formula is C15H11ClN6O3. The number of hydrogen-bond acceptors (Lipinski definition) is 5. The summed E-state index contributed by atoms with van der Waals surface area (Å²) in [7, 11) is 1.60. The maximum Gasteiger partial charge on any atom is 0.328 e. The summed E-state index contributed by atoms with van der Waals surface area (Å²) in [4.78, 5) is 37.9. The number of H-pyrrole nitrogens is 1. The lowest BCUT2D eigenvalue weighted by molar-refractivity contribution is 0.681. The Morgan fingerprint density at radius 2 is 1.92 bits per heavy atom. The van der Waals surface area contributed by atoms with E-state index in [4.69, 9.17) is 11.6 Å². The van der Waals surface area contributed by atoms with Gasteiger partial charge in [0.1, 0.15) is 5.02 Å². The standard InChI is InChI=1S/C15H11ClN6O3/c1-20-13(24)8-4-2-3-5-10(8)22-11(18-19-14(20)22)7-21-6-9(16)12(23)17-15(21)25/h2-6H,7H2,1H3,(H,17,23,25). The van der Waals surface area contributed by atoms with Crippen LogP contribution in [0.1, 0.15) is 5.82 Å². The molecule has 9 nitrogen and oxygen atoms in total. The van der Waals surface area contributed by atoms with E-state index < -0.39 is 11.2 Å². The van der Waals surface area contributed by atoms with E-state index in [0.717, 1.165) is 0 Å². The fourth-order valence-corrected chi connectivity index (χ4v) is 2.91. The van der Waals surface area contributed by atoms with Crippen LogP contribution in [-0.2, 0) is 13.6 Å². The smallest absolute Gasteiger partial charge is 0.291 e. The molecule has 0 saturated carbocycles. The number of rotatable bonds is 2. The average molecular weight is 359 g/mol. The van der Waals surface area contributed by atoms with Crippen LogP contribution in [0.4, 0.5) is 0 Å². The maximum absolute atomic E-state index is 12.4. The number of hydrogen-bond donors (Lipinski definition) is 1. The van der Waals surface area contributed by atoms with Gasteiger partial charge in [-0.3, -0.25) is 28.1 Å². The lowest BCUT2D eigenvalue weighted by atomic mass is 10.2. The fraction of sp³-hybridized carbons (Fsp3) is 0.133. The zero-order chi connectivity index (χ0) is 17.7. The van der Waals surface area contributed by atoms with Crippen LogP contribution >= 0.6 is 11.6 Å². The number of aromatic nitrogens is 6. The molecule has 25 heavy (non-hydrogen) atoms. The molecule has 0 saturated heterocycles. The molecule has 0 spiro atoms. The second-order valence-electron chi connectivity index (χ2n) is 5.50. The lowest BCUT2D eigenvalue weighted by Crippen LogP contribution is -2.30. The molecule has 0 fully saturated rings. The average Bonchev–Trinajstić information content (AvgIpc) is 3.01. The Morgan fingerprint density at radius 1 is 1.16 bits per heavy atom. The summed E-state index contributed by atoms with van der Waals surface area (Å²) < 4.78 is 4.31. The van der Waals surface area contributed by atoms with Gasteiger partial charge in [0.15, 0.2) is 5.82 Å². The highest BCUT2D eigenvalue weighted by Crippen LogP contribution is 2.14. The van der Waals surface area contributed by atoms with Crippen LogP contribution in [0, 0.1) is 0 Å². The van der Waals surface area contributed by atoms with E-state index >= 15 is 0 Å². The Hall–Kier alpha value is -3.20. The van der Waals surface area contributed by atoms with E-state index in [0.29, 0.717) is 22.5 Å². The first kappa shape index (κ1) is 15.3. The SMILES string of the molecule is Cn1c(=O)c2ccccc2n2c(Cn3cc(Cl)c(=O)[nH]c3=O)nnc12. The van der Waals surface area contributed by atoms with E-state index in [1.54, 1.807) is 35.7 Å². The van der Waals surface area contributed by atoms with Gasteiger partial charge in [-0.05, 0) is 12.1 Å². The van der Waals surface area contributed by atoms with Gasteiger partial charge >= 0.3 is 5.69 Å². The first-order chi connectivity index (χ1) is 12.0. The van der Waals surface area contributed by atoms with Gasteiger partial charge in [0.25, 0.3) is 11.1 Å². The molecule has 0 unspecified atom stereocenters. The highest BCUT2D eigenvalue weighted by Gasteiger charge is 2.15. The van der Waals surface area contributed by atoms with E-state index in [-0.39, 0.29) is 17.1 Å². The Kier molecular flexibility index (Phi) is 3.32. The molecule has 3 heterocycles. The minimum atomic E-state index is -0.651. The van der Waals surface area contributed by atoms with Crippen molar-refractivity contribution in [1.29, 1.82) is 0 Å². The Bertz CT molecular complexity index is 1310. The van der Waals surface area contributed by atoms with Crippen LogP contribution in [0.2, 0.25) is 5.02 Å². The van der Waals surface area contributed by atoms with Crippen molar-refractivity contribution in [2.24, 2.45) is 7.05 Å². The van der Waals surface area contributed by atoms with E-state index in [2.05, 4.69) is 15.2 Å². The molecule has 10 heteroatoms. The molecule has 0 atom stereocenters. The third-order valence-corrected chi connectivity index (χ3v) is 4.24. The Balaban J connectivity index is 2.01. The number of fused-ring (bicyclic) bond motifs is 3.